The van der Waals surface area contributed by atoms with E-state index >= 15 is 0 Å². The van der Waals surface area contributed by atoms with Gasteiger partial charge in [0.15, 0.2) is 0 Å². The zero-order valence-corrected chi connectivity index (χ0v) is 13.2. The van der Waals surface area contributed by atoms with Crippen molar-refractivity contribution in [3.8, 4) is 0 Å². The molecule has 5 heteroatoms. The predicted octanol–water partition coefficient (Wildman–Crippen LogP) is 2.31. The molecule has 1 saturated heterocycles. The van der Waals surface area contributed by atoms with Crippen LogP contribution in [0.3, 0.4) is 0 Å². The molecule has 1 heterocycles. The molecule has 120 valence electrons. The molecule has 1 fully saturated rings. The van der Waals surface area contributed by atoms with Gasteiger partial charge in [-0.3, -0.25) is 14.4 Å². The zero-order chi connectivity index (χ0) is 15.8. The number of methoxy groups -OCH3 is 1. The van der Waals surface area contributed by atoms with Crippen LogP contribution in [0, 0.1) is 11.8 Å². The summed E-state index contributed by atoms with van der Waals surface area (Å²) in [5, 5.41) is 0. The number of cyclic esters (lactones) is 1. The Balaban J connectivity index is 2.50. The van der Waals surface area contributed by atoms with E-state index in [4.69, 9.17) is 9.47 Å². The van der Waals surface area contributed by atoms with Crippen molar-refractivity contribution < 1.29 is 23.9 Å². The maximum absolute atomic E-state index is 12.3. The van der Waals surface area contributed by atoms with E-state index in [1.807, 2.05) is 6.92 Å². The number of esters is 1. The Morgan fingerprint density at radius 2 is 2.00 bits per heavy atom. The van der Waals surface area contributed by atoms with Gasteiger partial charge < -0.3 is 9.47 Å². The first-order valence-electron chi connectivity index (χ1n) is 7.73. The van der Waals surface area contributed by atoms with E-state index in [0.29, 0.717) is 19.4 Å². The number of Topliss-reactive ketones (excluding diaryl/α,β-unsaturated/α-hetero) is 2. The molecule has 0 aromatic heterocycles. The molecule has 0 aromatic rings. The monoisotopic (exact) mass is 298 g/mol. The van der Waals surface area contributed by atoms with Crippen LogP contribution in [0.2, 0.25) is 0 Å². The lowest BCUT2D eigenvalue weighted by Crippen LogP contribution is -2.40. The first-order valence-corrected chi connectivity index (χ1v) is 7.73. The van der Waals surface area contributed by atoms with Gasteiger partial charge in [-0.05, 0) is 12.8 Å². The first kappa shape index (κ1) is 17.8. The highest BCUT2D eigenvalue weighted by atomic mass is 16.5. The minimum Gasteiger partial charge on any atom is -0.462 e. The lowest BCUT2D eigenvalue weighted by Gasteiger charge is -2.32. The van der Waals surface area contributed by atoms with Crippen molar-refractivity contribution in [3.05, 3.63) is 0 Å². The fourth-order valence-corrected chi connectivity index (χ4v) is 2.67. The molecule has 1 rings (SSSR count). The molecule has 0 aliphatic carbocycles. The first-order chi connectivity index (χ1) is 9.99. The molecule has 0 spiro atoms. The molecular formula is C16H26O5. The second-order valence-corrected chi connectivity index (χ2v) is 5.73. The maximum atomic E-state index is 12.3. The number of carbonyl (C=O) groups excluding carboxylic acids is 3. The highest BCUT2D eigenvalue weighted by Gasteiger charge is 2.38. The number of rotatable bonds is 9. The standard InChI is InChI=1S/C16H26O5/c1-4-5-13-10-14(11(2)16(19)21-13)15(18)7-6-12(17)8-9-20-3/h11,13-14H,4-10H2,1-3H3. The smallest absolute Gasteiger partial charge is 0.309 e. The van der Waals surface area contributed by atoms with Crippen LogP contribution in [0.25, 0.3) is 0 Å². The third-order valence-electron chi connectivity index (χ3n) is 4.03. The number of carbonyl (C=O) groups is 3. The maximum Gasteiger partial charge on any atom is 0.309 e. The molecular weight excluding hydrogens is 272 g/mol. The zero-order valence-electron chi connectivity index (χ0n) is 13.2. The van der Waals surface area contributed by atoms with Crippen molar-refractivity contribution in [3.63, 3.8) is 0 Å². The van der Waals surface area contributed by atoms with Gasteiger partial charge in [0, 0.05) is 32.3 Å². The predicted molar refractivity (Wildman–Crippen MR) is 77.8 cm³/mol. The van der Waals surface area contributed by atoms with Crippen LogP contribution < -0.4 is 0 Å². The van der Waals surface area contributed by atoms with Crippen molar-refractivity contribution in [1.29, 1.82) is 0 Å². The van der Waals surface area contributed by atoms with E-state index in [0.717, 1.165) is 12.8 Å². The largest absolute Gasteiger partial charge is 0.462 e. The van der Waals surface area contributed by atoms with E-state index in [9.17, 15) is 14.4 Å². The Kier molecular flexibility index (Phi) is 7.57. The minimum atomic E-state index is -0.403. The van der Waals surface area contributed by atoms with Crippen molar-refractivity contribution in [1.82, 2.24) is 0 Å². The molecule has 1 aliphatic rings. The van der Waals surface area contributed by atoms with Gasteiger partial charge in [0.2, 0.25) is 0 Å². The Bertz CT molecular complexity index is 377. The number of hydrogen-bond acceptors (Lipinski definition) is 5. The second-order valence-electron chi connectivity index (χ2n) is 5.73. The topological polar surface area (TPSA) is 69.7 Å². The summed E-state index contributed by atoms with van der Waals surface area (Å²) in [6, 6.07) is 0. The summed E-state index contributed by atoms with van der Waals surface area (Å²) in [5.74, 6) is -0.964. The van der Waals surface area contributed by atoms with Crippen LogP contribution in [0.1, 0.15) is 52.4 Å². The number of ether oxygens (including phenoxy) is 2. The van der Waals surface area contributed by atoms with Crippen LogP contribution >= 0.6 is 0 Å². The average Bonchev–Trinajstić information content (AvgIpc) is 2.46. The Hall–Kier alpha value is -1.23. The second kappa shape index (κ2) is 8.93. The summed E-state index contributed by atoms with van der Waals surface area (Å²) in [7, 11) is 1.54. The minimum absolute atomic E-state index is 0.00557. The van der Waals surface area contributed by atoms with Crippen LogP contribution in [-0.2, 0) is 23.9 Å². The van der Waals surface area contributed by atoms with E-state index in [-0.39, 0.29) is 42.4 Å². The highest BCUT2D eigenvalue weighted by Crippen LogP contribution is 2.30. The summed E-state index contributed by atoms with van der Waals surface area (Å²) in [6.45, 7) is 4.15. The fraction of sp³-hybridized carbons (Fsp3) is 0.812. The summed E-state index contributed by atoms with van der Waals surface area (Å²) in [5.41, 5.74) is 0. The third kappa shape index (κ3) is 5.58. The van der Waals surface area contributed by atoms with Gasteiger partial charge in [-0.25, -0.2) is 0 Å². The van der Waals surface area contributed by atoms with Gasteiger partial charge in [-0.2, -0.15) is 0 Å². The van der Waals surface area contributed by atoms with Crippen molar-refractivity contribution >= 4 is 17.5 Å². The summed E-state index contributed by atoms with van der Waals surface area (Å²) in [6.07, 6.45) is 2.92. The van der Waals surface area contributed by atoms with Gasteiger partial charge in [0.1, 0.15) is 17.7 Å². The van der Waals surface area contributed by atoms with E-state index in [1.54, 1.807) is 14.0 Å². The lowest BCUT2D eigenvalue weighted by molar-refractivity contribution is -0.167. The normalized spacial score (nSPS) is 25.5. The summed E-state index contributed by atoms with van der Waals surface area (Å²) in [4.78, 5) is 35.7. The third-order valence-corrected chi connectivity index (χ3v) is 4.03. The Labute approximate surface area is 126 Å². The van der Waals surface area contributed by atoms with Crippen LogP contribution in [-0.4, -0.2) is 37.4 Å². The molecule has 5 nitrogen and oxygen atoms in total. The van der Waals surface area contributed by atoms with Crippen LogP contribution in [0.15, 0.2) is 0 Å². The Morgan fingerprint density at radius 3 is 2.62 bits per heavy atom. The molecule has 3 atom stereocenters. The van der Waals surface area contributed by atoms with Gasteiger partial charge >= 0.3 is 5.97 Å². The molecule has 3 unspecified atom stereocenters. The van der Waals surface area contributed by atoms with Crippen molar-refractivity contribution in [2.45, 2.75) is 58.5 Å². The number of hydrogen-bond donors (Lipinski definition) is 0. The molecule has 0 aromatic carbocycles. The quantitative estimate of drug-likeness (QED) is 0.611. The van der Waals surface area contributed by atoms with Crippen molar-refractivity contribution in [2.75, 3.05) is 13.7 Å². The van der Waals surface area contributed by atoms with Gasteiger partial charge in [0.25, 0.3) is 0 Å². The molecule has 21 heavy (non-hydrogen) atoms. The highest BCUT2D eigenvalue weighted by molar-refractivity contribution is 5.90. The molecule has 0 radical (unpaired) electrons. The lowest BCUT2D eigenvalue weighted by atomic mass is 9.80. The average molecular weight is 298 g/mol. The van der Waals surface area contributed by atoms with E-state index in [2.05, 4.69) is 0 Å². The van der Waals surface area contributed by atoms with E-state index < -0.39 is 5.92 Å². The molecule has 0 N–H and O–H groups in total. The van der Waals surface area contributed by atoms with Crippen molar-refractivity contribution in [2.24, 2.45) is 11.8 Å². The van der Waals surface area contributed by atoms with Crippen LogP contribution in [0.4, 0.5) is 0 Å². The van der Waals surface area contributed by atoms with E-state index in [1.165, 1.54) is 0 Å². The fourth-order valence-electron chi connectivity index (χ4n) is 2.67. The molecule has 0 bridgehead atoms. The SMILES string of the molecule is CCCC1CC(C(=O)CCC(=O)CCOC)C(C)C(=O)O1. The molecule has 1 aliphatic heterocycles. The number of ketones is 2. The molecule has 0 saturated carbocycles. The summed E-state index contributed by atoms with van der Waals surface area (Å²) < 4.78 is 10.2. The summed E-state index contributed by atoms with van der Waals surface area (Å²) >= 11 is 0. The Morgan fingerprint density at radius 1 is 1.29 bits per heavy atom. The van der Waals surface area contributed by atoms with Gasteiger partial charge in [0.05, 0.1) is 12.5 Å². The van der Waals surface area contributed by atoms with Crippen LogP contribution in [0.5, 0.6) is 0 Å². The molecule has 0 amide bonds. The van der Waals surface area contributed by atoms with Gasteiger partial charge in [-0.1, -0.05) is 20.3 Å². The van der Waals surface area contributed by atoms with Gasteiger partial charge in [-0.15, -0.1) is 0 Å².